The van der Waals surface area contributed by atoms with E-state index in [4.69, 9.17) is 10.8 Å². The van der Waals surface area contributed by atoms with E-state index in [1.807, 2.05) is 61.5 Å². The van der Waals surface area contributed by atoms with Gasteiger partial charge in [0.2, 0.25) is 0 Å². The van der Waals surface area contributed by atoms with Crippen LogP contribution in [0.5, 0.6) is 0 Å². The number of benzene rings is 2. The summed E-state index contributed by atoms with van der Waals surface area (Å²) in [6.07, 6.45) is 1.17. The van der Waals surface area contributed by atoms with Gasteiger partial charge in [-0.3, -0.25) is 15.7 Å². The zero-order valence-electron chi connectivity index (χ0n) is 10.2. The third kappa shape index (κ3) is 2.46. The molecular weight excluding hydrogens is 222 g/mol. The van der Waals surface area contributed by atoms with Gasteiger partial charge in [-0.25, -0.2) is 0 Å². The van der Waals surface area contributed by atoms with Gasteiger partial charge in [0.1, 0.15) is 5.84 Å². The topological polar surface area (TPSA) is 50.9 Å². The molecule has 0 atom stereocenters. The van der Waals surface area contributed by atoms with Crippen LogP contribution in [-0.4, -0.2) is 12.2 Å². The minimum Gasteiger partial charge on any atom is -0.291 e. The molecule has 0 spiro atoms. The third-order valence-electron chi connectivity index (χ3n) is 2.70. The van der Waals surface area contributed by atoms with Gasteiger partial charge in [-0.15, -0.1) is 0 Å². The third-order valence-corrected chi connectivity index (χ3v) is 2.70. The van der Waals surface area contributed by atoms with E-state index in [2.05, 4.69) is 0 Å². The Hall–Kier alpha value is -2.42. The smallest absolute Gasteiger partial charge is 0.137 e. The molecule has 0 aliphatic rings. The van der Waals surface area contributed by atoms with Crippen molar-refractivity contribution in [3.63, 3.8) is 0 Å². The monoisotopic (exact) mass is 237 g/mol. The number of hydrogen-bond acceptors (Lipinski definition) is 2. The highest BCUT2D eigenvalue weighted by Crippen LogP contribution is 2.15. The molecule has 18 heavy (non-hydrogen) atoms. The molecule has 0 amide bonds. The van der Waals surface area contributed by atoms with Crippen molar-refractivity contribution in [2.45, 2.75) is 6.92 Å². The Bertz CT molecular complexity index is 561. The van der Waals surface area contributed by atoms with Crippen molar-refractivity contribution in [2.75, 3.05) is 4.90 Å². The zero-order valence-corrected chi connectivity index (χ0v) is 10.2. The first-order valence-electron chi connectivity index (χ1n) is 5.73. The molecule has 2 N–H and O–H groups in total. The highest BCUT2D eigenvalue weighted by atomic mass is 15.2. The minimum absolute atomic E-state index is 0.305. The first-order valence-corrected chi connectivity index (χ1v) is 5.73. The van der Waals surface area contributed by atoms with E-state index < -0.39 is 0 Å². The van der Waals surface area contributed by atoms with Crippen molar-refractivity contribution in [1.29, 1.82) is 10.8 Å². The summed E-state index contributed by atoms with van der Waals surface area (Å²) < 4.78 is 0. The lowest BCUT2D eigenvalue weighted by Crippen LogP contribution is -2.29. The number of aryl methyl sites for hydroxylation is 1. The predicted octanol–water partition coefficient (Wildman–Crippen LogP) is 3.43. The lowest BCUT2D eigenvalue weighted by Gasteiger charge is -2.20. The Morgan fingerprint density at radius 3 is 2.39 bits per heavy atom. The summed E-state index contributed by atoms with van der Waals surface area (Å²) in [4.78, 5) is 1.55. The number of hydrogen-bond donors (Lipinski definition) is 2. The summed E-state index contributed by atoms with van der Waals surface area (Å²) in [5.74, 6) is 0.305. The maximum atomic E-state index is 8.20. The van der Waals surface area contributed by atoms with Crippen molar-refractivity contribution >= 4 is 17.9 Å². The van der Waals surface area contributed by atoms with Gasteiger partial charge in [-0.05, 0) is 25.1 Å². The first kappa shape index (κ1) is 12.0. The molecule has 0 bridgehead atoms. The summed E-state index contributed by atoms with van der Waals surface area (Å²) in [6, 6.07) is 17.2. The van der Waals surface area contributed by atoms with Crippen LogP contribution in [0.25, 0.3) is 0 Å². The van der Waals surface area contributed by atoms with Gasteiger partial charge in [-0.1, -0.05) is 42.0 Å². The zero-order chi connectivity index (χ0) is 13.0. The van der Waals surface area contributed by atoms with E-state index in [1.165, 1.54) is 6.34 Å². The van der Waals surface area contributed by atoms with Crippen LogP contribution >= 0.6 is 0 Å². The average molecular weight is 237 g/mol. The normalized spacial score (nSPS) is 9.83. The van der Waals surface area contributed by atoms with Crippen LogP contribution in [0.1, 0.15) is 11.1 Å². The van der Waals surface area contributed by atoms with Crippen LogP contribution in [0.2, 0.25) is 0 Å². The highest BCUT2D eigenvalue weighted by molar-refractivity contribution is 6.17. The number of amidine groups is 1. The summed E-state index contributed by atoms with van der Waals surface area (Å²) in [5.41, 5.74) is 2.73. The van der Waals surface area contributed by atoms with E-state index in [0.717, 1.165) is 16.8 Å². The average Bonchev–Trinajstić information content (AvgIpc) is 2.41. The summed E-state index contributed by atoms with van der Waals surface area (Å²) in [7, 11) is 0. The molecule has 0 saturated heterocycles. The van der Waals surface area contributed by atoms with Crippen molar-refractivity contribution in [2.24, 2.45) is 0 Å². The molecule has 0 fully saturated rings. The van der Waals surface area contributed by atoms with Crippen molar-refractivity contribution < 1.29 is 0 Å². The van der Waals surface area contributed by atoms with E-state index in [9.17, 15) is 0 Å². The molecule has 2 aromatic carbocycles. The maximum Gasteiger partial charge on any atom is 0.137 e. The molecular formula is C15H15N3. The second kappa shape index (κ2) is 5.27. The SMILES string of the molecule is Cc1cccc(C(=N)N(C=N)c2ccccc2)c1. The quantitative estimate of drug-likeness (QED) is 0.623. The molecule has 0 aliphatic carbocycles. The molecule has 2 aromatic rings. The van der Waals surface area contributed by atoms with Gasteiger partial charge in [0, 0.05) is 11.3 Å². The second-order valence-corrected chi connectivity index (χ2v) is 4.05. The Balaban J connectivity index is 2.35. The number of para-hydroxylation sites is 1. The standard InChI is InChI=1S/C15H15N3/c1-12-6-5-7-13(10-12)15(17)18(11-16)14-8-3-2-4-9-14/h2-11,16-17H,1H3. The highest BCUT2D eigenvalue weighted by Gasteiger charge is 2.11. The van der Waals surface area contributed by atoms with Crippen LogP contribution in [0.15, 0.2) is 54.6 Å². The molecule has 3 heteroatoms. The van der Waals surface area contributed by atoms with Gasteiger partial charge in [0.15, 0.2) is 0 Å². The van der Waals surface area contributed by atoms with E-state index in [-0.39, 0.29) is 0 Å². The number of rotatable bonds is 3. The van der Waals surface area contributed by atoms with Gasteiger partial charge in [-0.2, -0.15) is 0 Å². The van der Waals surface area contributed by atoms with Crippen molar-refractivity contribution in [1.82, 2.24) is 0 Å². The van der Waals surface area contributed by atoms with E-state index >= 15 is 0 Å². The largest absolute Gasteiger partial charge is 0.291 e. The van der Waals surface area contributed by atoms with Gasteiger partial charge in [0.25, 0.3) is 0 Å². The number of nitrogens with one attached hydrogen (secondary N) is 2. The van der Waals surface area contributed by atoms with Crippen molar-refractivity contribution in [3.05, 3.63) is 65.7 Å². The van der Waals surface area contributed by atoms with Crippen LogP contribution in [0, 0.1) is 17.7 Å². The molecule has 0 aliphatic heterocycles. The van der Waals surface area contributed by atoms with Crippen molar-refractivity contribution in [3.8, 4) is 0 Å². The molecule has 0 radical (unpaired) electrons. The summed E-state index contributed by atoms with van der Waals surface area (Å²) in [5, 5.41) is 15.7. The predicted molar refractivity (Wildman–Crippen MR) is 75.7 cm³/mol. The van der Waals surface area contributed by atoms with Gasteiger partial charge in [0.05, 0.1) is 6.34 Å². The molecule has 0 heterocycles. The van der Waals surface area contributed by atoms with Crippen LogP contribution in [0.3, 0.4) is 0 Å². The number of nitrogens with zero attached hydrogens (tertiary/aromatic N) is 1. The van der Waals surface area contributed by atoms with E-state index in [1.54, 1.807) is 4.90 Å². The molecule has 90 valence electrons. The molecule has 2 rings (SSSR count). The summed E-state index contributed by atoms with van der Waals surface area (Å²) >= 11 is 0. The van der Waals surface area contributed by atoms with Crippen LogP contribution in [0.4, 0.5) is 5.69 Å². The lowest BCUT2D eigenvalue weighted by molar-refractivity contribution is 1.32. The Kier molecular flexibility index (Phi) is 3.53. The van der Waals surface area contributed by atoms with Crippen LogP contribution in [-0.2, 0) is 0 Å². The Morgan fingerprint density at radius 2 is 1.78 bits per heavy atom. The lowest BCUT2D eigenvalue weighted by atomic mass is 10.1. The minimum atomic E-state index is 0.305. The fraction of sp³-hybridized carbons (Fsp3) is 0.0667. The van der Waals surface area contributed by atoms with E-state index in [0.29, 0.717) is 5.84 Å². The number of anilines is 1. The molecule has 0 saturated carbocycles. The molecule has 3 nitrogen and oxygen atoms in total. The second-order valence-electron chi connectivity index (χ2n) is 4.05. The fourth-order valence-corrected chi connectivity index (χ4v) is 1.79. The first-order chi connectivity index (χ1) is 8.72. The Labute approximate surface area is 107 Å². The Morgan fingerprint density at radius 1 is 1.06 bits per heavy atom. The summed E-state index contributed by atoms with van der Waals surface area (Å²) in [6.45, 7) is 1.99. The fourth-order valence-electron chi connectivity index (χ4n) is 1.79. The maximum absolute atomic E-state index is 8.20. The van der Waals surface area contributed by atoms with Gasteiger partial charge < -0.3 is 0 Å². The van der Waals surface area contributed by atoms with Gasteiger partial charge >= 0.3 is 0 Å². The molecule has 0 aromatic heterocycles. The van der Waals surface area contributed by atoms with Crippen LogP contribution < -0.4 is 4.90 Å². The molecule has 0 unspecified atom stereocenters.